The van der Waals surface area contributed by atoms with E-state index in [1.165, 1.54) is 16.7 Å². The second-order valence-electron chi connectivity index (χ2n) is 4.99. The molecule has 4 heteroatoms. The number of nitrogens with zero attached hydrogens (tertiary/aromatic N) is 2. The van der Waals surface area contributed by atoms with Crippen LogP contribution in [0.1, 0.15) is 22.4 Å². The van der Waals surface area contributed by atoms with Gasteiger partial charge in [0.25, 0.3) is 0 Å². The van der Waals surface area contributed by atoms with Crippen LogP contribution in [0.15, 0.2) is 22.8 Å². The van der Waals surface area contributed by atoms with Gasteiger partial charge in [-0.3, -0.25) is 0 Å². The molecule has 3 nitrogen and oxygen atoms in total. The third-order valence-corrected chi connectivity index (χ3v) is 4.30. The fraction of sp³-hybridized carbons (Fsp3) is 0.333. The van der Waals surface area contributed by atoms with Crippen LogP contribution >= 0.6 is 15.9 Å². The molecule has 1 aromatic heterocycles. The highest BCUT2D eigenvalue weighted by molar-refractivity contribution is 9.10. The summed E-state index contributed by atoms with van der Waals surface area (Å²) in [5, 5.41) is 3.35. The summed E-state index contributed by atoms with van der Waals surface area (Å²) in [5.41, 5.74) is 6.01. The fourth-order valence-corrected chi connectivity index (χ4v) is 2.85. The fourth-order valence-electron chi connectivity index (χ4n) is 2.31. The molecule has 19 heavy (non-hydrogen) atoms. The molecule has 2 aromatic rings. The van der Waals surface area contributed by atoms with Gasteiger partial charge in [-0.2, -0.15) is 0 Å². The number of aryl methyl sites for hydroxylation is 2. The molecule has 0 amide bonds. The van der Waals surface area contributed by atoms with Crippen molar-refractivity contribution in [3.63, 3.8) is 0 Å². The first-order valence-corrected chi connectivity index (χ1v) is 7.28. The first-order chi connectivity index (χ1) is 9.15. The van der Waals surface area contributed by atoms with Gasteiger partial charge < -0.3 is 5.32 Å². The van der Waals surface area contributed by atoms with Crippen molar-refractivity contribution in [1.82, 2.24) is 15.3 Å². The van der Waals surface area contributed by atoms with Crippen LogP contribution < -0.4 is 5.32 Å². The highest BCUT2D eigenvalue weighted by Gasteiger charge is 2.16. The lowest BCUT2D eigenvalue weighted by Crippen LogP contribution is -2.25. The van der Waals surface area contributed by atoms with E-state index in [0.29, 0.717) is 0 Å². The number of nitrogens with one attached hydrogen (secondary N) is 1. The molecule has 1 aliphatic heterocycles. The molecule has 2 heterocycles. The number of rotatable bonds is 1. The van der Waals surface area contributed by atoms with Gasteiger partial charge in [-0.15, -0.1) is 0 Å². The third kappa shape index (κ3) is 2.42. The highest BCUT2D eigenvalue weighted by Crippen LogP contribution is 2.25. The normalized spacial score (nSPS) is 14.3. The van der Waals surface area contributed by atoms with Gasteiger partial charge in [0.15, 0.2) is 5.82 Å². The zero-order chi connectivity index (χ0) is 13.4. The average Bonchev–Trinajstić information content (AvgIpc) is 2.42. The number of aromatic nitrogens is 2. The number of halogens is 1. The van der Waals surface area contributed by atoms with Crippen molar-refractivity contribution in [2.45, 2.75) is 26.8 Å². The predicted octanol–water partition coefficient (Wildman–Crippen LogP) is 3.17. The van der Waals surface area contributed by atoms with Crippen LogP contribution in [-0.2, 0) is 13.0 Å². The number of hydrogen-bond acceptors (Lipinski definition) is 3. The van der Waals surface area contributed by atoms with Gasteiger partial charge in [0.1, 0.15) is 4.60 Å². The molecule has 0 spiro atoms. The molecule has 1 aromatic carbocycles. The predicted molar refractivity (Wildman–Crippen MR) is 80.1 cm³/mol. The zero-order valence-corrected chi connectivity index (χ0v) is 12.7. The summed E-state index contributed by atoms with van der Waals surface area (Å²) < 4.78 is 0.915. The van der Waals surface area contributed by atoms with Crippen molar-refractivity contribution >= 4 is 15.9 Å². The Morgan fingerprint density at radius 2 is 2.00 bits per heavy atom. The van der Waals surface area contributed by atoms with Crippen molar-refractivity contribution in [2.75, 3.05) is 6.54 Å². The van der Waals surface area contributed by atoms with Crippen LogP contribution in [0, 0.1) is 13.8 Å². The Hall–Kier alpha value is -1.26. The summed E-state index contributed by atoms with van der Waals surface area (Å²) in [4.78, 5) is 9.33. The molecule has 3 rings (SSSR count). The number of hydrogen-bond donors (Lipinski definition) is 1. The van der Waals surface area contributed by atoms with Gasteiger partial charge in [-0.1, -0.05) is 12.1 Å². The lowest BCUT2D eigenvalue weighted by molar-refractivity contribution is 0.623. The van der Waals surface area contributed by atoms with Crippen molar-refractivity contribution in [1.29, 1.82) is 0 Å². The lowest BCUT2D eigenvalue weighted by Gasteiger charge is -2.18. The summed E-state index contributed by atoms with van der Waals surface area (Å²) in [6, 6.07) is 6.38. The van der Waals surface area contributed by atoms with E-state index in [0.717, 1.165) is 41.2 Å². The van der Waals surface area contributed by atoms with Crippen molar-refractivity contribution in [2.24, 2.45) is 0 Å². The Kier molecular flexibility index (Phi) is 3.37. The first-order valence-electron chi connectivity index (χ1n) is 6.49. The van der Waals surface area contributed by atoms with Crippen LogP contribution in [0.4, 0.5) is 0 Å². The minimum absolute atomic E-state index is 0.815. The average molecular weight is 318 g/mol. The Balaban J connectivity index is 2.10. The Bertz CT molecular complexity index is 638. The third-order valence-electron chi connectivity index (χ3n) is 3.65. The van der Waals surface area contributed by atoms with Gasteiger partial charge in [-0.05, 0) is 47.0 Å². The molecular weight excluding hydrogens is 302 g/mol. The largest absolute Gasteiger partial charge is 0.312 e. The standard InChI is InChI=1S/C15H16BrN3/c1-9-3-4-11(7-10(9)2)15-18-13-5-6-17-8-12(13)14(16)19-15/h3-4,7,17H,5-6,8H2,1-2H3. The maximum Gasteiger partial charge on any atom is 0.160 e. The van der Waals surface area contributed by atoms with Crippen LogP contribution in [-0.4, -0.2) is 16.5 Å². The van der Waals surface area contributed by atoms with E-state index in [2.05, 4.69) is 58.3 Å². The second-order valence-corrected chi connectivity index (χ2v) is 5.74. The van der Waals surface area contributed by atoms with E-state index in [1.54, 1.807) is 0 Å². The summed E-state index contributed by atoms with van der Waals surface area (Å²) in [6.07, 6.45) is 0.967. The van der Waals surface area contributed by atoms with Gasteiger partial charge in [-0.25, -0.2) is 9.97 Å². The molecule has 1 aliphatic rings. The topological polar surface area (TPSA) is 37.8 Å². The monoisotopic (exact) mass is 317 g/mol. The van der Waals surface area contributed by atoms with Gasteiger partial charge >= 0.3 is 0 Å². The van der Waals surface area contributed by atoms with Crippen LogP contribution in [0.3, 0.4) is 0 Å². The number of benzene rings is 1. The first kappa shape index (κ1) is 12.8. The lowest BCUT2D eigenvalue weighted by atomic mass is 10.0. The van der Waals surface area contributed by atoms with Crippen molar-refractivity contribution in [3.05, 3.63) is 45.2 Å². The van der Waals surface area contributed by atoms with Crippen LogP contribution in [0.25, 0.3) is 11.4 Å². The highest BCUT2D eigenvalue weighted by atomic mass is 79.9. The van der Waals surface area contributed by atoms with Crippen LogP contribution in [0.5, 0.6) is 0 Å². The SMILES string of the molecule is Cc1ccc(-c2nc(Br)c3c(n2)CCNC3)cc1C. The molecule has 0 bridgehead atoms. The van der Waals surface area contributed by atoms with E-state index < -0.39 is 0 Å². The summed E-state index contributed by atoms with van der Waals surface area (Å²) >= 11 is 3.57. The second kappa shape index (κ2) is 5.02. The molecule has 0 radical (unpaired) electrons. The molecule has 0 aliphatic carbocycles. The van der Waals surface area contributed by atoms with Gasteiger partial charge in [0.2, 0.25) is 0 Å². The van der Waals surface area contributed by atoms with Crippen molar-refractivity contribution in [3.8, 4) is 11.4 Å². The van der Waals surface area contributed by atoms with E-state index in [4.69, 9.17) is 4.98 Å². The maximum absolute atomic E-state index is 4.73. The Labute approximate surface area is 121 Å². The Morgan fingerprint density at radius 1 is 1.16 bits per heavy atom. The van der Waals surface area contributed by atoms with E-state index >= 15 is 0 Å². The Morgan fingerprint density at radius 3 is 2.79 bits per heavy atom. The van der Waals surface area contributed by atoms with Gasteiger partial charge in [0.05, 0.1) is 5.69 Å². The van der Waals surface area contributed by atoms with Crippen LogP contribution in [0.2, 0.25) is 0 Å². The molecular formula is C15H16BrN3. The maximum atomic E-state index is 4.73. The summed E-state index contributed by atoms with van der Waals surface area (Å²) in [7, 11) is 0. The molecule has 1 N–H and O–H groups in total. The van der Waals surface area contributed by atoms with Crippen molar-refractivity contribution < 1.29 is 0 Å². The minimum Gasteiger partial charge on any atom is -0.312 e. The quantitative estimate of drug-likeness (QED) is 0.821. The van der Waals surface area contributed by atoms with E-state index in [1.807, 2.05) is 0 Å². The molecule has 0 atom stereocenters. The summed E-state index contributed by atoms with van der Waals surface area (Å²) in [5.74, 6) is 0.815. The summed E-state index contributed by atoms with van der Waals surface area (Å²) in [6.45, 7) is 6.08. The van der Waals surface area contributed by atoms with Gasteiger partial charge in [0, 0.05) is 30.6 Å². The zero-order valence-electron chi connectivity index (χ0n) is 11.1. The smallest absolute Gasteiger partial charge is 0.160 e. The molecule has 0 unspecified atom stereocenters. The number of fused-ring (bicyclic) bond motifs is 1. The molecule has 0 saturated heterocycles. The molecule has 98 valence electrons. The minimum atomic E-state index is 0.815. The molecule has 0 fully saturated rings. The van der Waals surface area contributed by atoms with E-state index in [9.17, 15) is 0 Å². The molecule has 0 saturated carbocycles. The van der Waals surface area contributed by atoms with E-state index in [-0.39, 0.29) is 0 Å².